The molecule has 5 nitrogen and oxygen atoms in total. The van der Waals surface area contributed by atoms with Gasteiger partial charge in [0.2, 0.25) is 11.8 Å². The molecule has 0 aliphatic heterocycles. The summed E-state index contributed by atoms with van der Waals surface area (Å²) in [5.74, 6) is 0.0858. The van der Waals surface area contributed by atoms with Gasteiger partial charge >= 0.3 is 0 Å². The lowest BCUT2D eigenvalue weighted by Gasteiger charge is -2.10. The number of hydrogen-bond donors (Lipinski definition) is 2. The molecule has 1 aromatic heterocycles. The molecule has 3 rings (SSSR count). The zero-order valence-corrected chi connectivity index (χ0v) is 18.0. The van der Waals surface area contributed by atoms with Crippen LogP contribution in [0.5, 0.6) is 0 Å². The van der Waals surface area contributed by atoms with Gasteiger partial charge in [-0.05, 0) is 55.2 Å². The topological polar surface area (TPSA) is 71.3 Å². The third-order valence-corrected chi connectivity index (χ3v) is 5.76. The molecule has 152 valence electrons. The van der Waals surface area contributed by atoms with E-state index in [1.165, 1.54) is 28.5 Å². The van der Waals surface area contributed by atoms with E-state index in [4.69, 9.17) is 4.42 Å². The molecule has 0 unspecified atom stereocenters. The van der Waals surface area contributed by atoms with E-state index in [0.717, 1.165) is 21.4 Å². The maximum absolute atomic E-state index is 12.3. The molecule has 3 aromatic rings. The highest BCUT2D eigenvalue weighted by atomic mass is 32.2. The largest absolute Gasteiger partial charge is 0.464 e. The minimum atomic E-state index is -0.284. The molecule has 0 saturated carbocycles. The smallest absolute Gasteiger partial charge is 0.248 e. The second-order valence-electron chi connectivity index (χ2n) is 7.50. The number of amides is 2. The SMILES string of the molecule is Cc1ccc(SCC(=O)NNC(=O)Cc2coc3cc(C)c(C(C)C)cc23)cc1. The van der Waals surface area contributed by atoms with Gasteiger partial charge in [0.15, 0.2) is 0 Å². The normalized spacial score (nSPS) is 11.1. The van der Waals surface area contributed by atoms with Crippen molar-refractivity contribution in [2.24, 2.45) is 0 Å². The Kier molecular flexibility index (Phi) is 6.64. The Morgan fingerprint density at radius 3 is 2.41 bits per heavy atom. The van der Waals surface area contributed by atoms with Crippen LogP contribution in [0.1, 0.15) is 42.0 Å². The van der Waals surface area contributed by atoms with Gasteiger partial charge in [-0.15, -0.1) is 11.8 Å². The highest BCUT2D eigenvalue weighted by molar-refractivity contribution is 8.00. The van der Waals surface area contributed by atoms with E-state index in [1.807, 2.05) is 37.3 Å². The van der Waals surface area contributed by atoms with Crippen LogP contribution in [-0.4, -0.2) is 17.6 Å². The predicted molar refractivity (Wildman–Crippen MR) is 117 cm³/mol. The standard InChI is InChI=1S/C23H26N2O3S/c1-14(2)19-11-20-17(12-28-21(20)9-16(19)4)10-22(26)24-25-23(27)13-29-18-7-5-15(3)6-8-18/h5-9,11-12,14H,10,13H2,1-4H3,(H,24,26)(H,25,27). The van der Waals surface area contributed by atoms with Crippen LogP contribution in [0, 0.1) is 13.8 Å². The molecule has 0 bridgehead atoms. The number of hydrogen-bond acceptors (Lipinski definition) is 4. The molecule has 0 radical (unpaired) electrons. The number of aryl methyl sites for hydroxylation is 2. The fraction of sp³-hybridized carbons (Fsp3) is 0.304. The number of thioether (sulfide) groups is 1. The average molecular weight is 411 g/mol. The Morgan fingerprint density at radius 1 is 1.03 bits per heavy atom. The fourth-order valence-corrected chi connectivity index (χ4v) is 3.88. The number of hydrazine groups is 1. The van der Waals surface area contributed by atoms with Gasteiger partial charge in [0.05, 0.1) is 18.4 Å². The van der Waals surface area contributed by atoms with Crippen LogP contribution in [0.2, 0.25) is 0 Å². The Morgan fingerprint density at radius 2 is 1.72 bits per heavy atom. The Labute approximate surface area is 175 Å². The summed E-state index contributed by atoms with van der Waals surface area (Å²) in [6, 6.07) is 12.1. The lowest BCUT2D eigenvalue weighted by Crippen LogP contribution is -2.43. The third-order valence-electron chi connectivity index (χ3n) is 4.75. The molecule has 0 atom stereocenters. The summed E-state index contributed by atoms with van der Waals surface area (Å²) in [5.41, 5.74) is 10.1. The molecule has 2 amide bonds. The number of furan rings is 1. The van der Waals surface area contributed by atoms with Crippen LogP contribution in [0.15, 0.2) is 52.0 Å². The van der Waals surface area contributed by atoms with E-state index in [-0.39, 0.29) is 24.0 Å². The van der Waals surface area contributed by atoms with Crippen LogP contribution in [0.25, 0.3) is 11.0 Å². The second kappa shape index (κ2) is 9.18. The zero-order valence-electron chi connectivity index (χ0n) is 17.2. The fourth-order valence-electron chi connectivity index (χ4n) is 3.18. The highest BCUT2D eigenvalue weighted by Gasteiger charge is 2.14. The molecule has 0 aliphatic rings. The Bertz CT molecular complexity index is 1020. The van der Waals surface area contributed by atoms with E-state index in [9.17, 15) is 9.59 Å². The first-order valence-corrected chi connectivity index (χ1v) is 10.6. The number of carbonyl (C=O) groups excluding carboxylic acids is 2. The minimum absolute atomic E-state index is 0.138. The molecule has 2 N–H and O–H groups in total. The van der Waals surface area contributed by atoms with Gasteiger partial charge in [-0.3, -0.25) is 20.4 Å². The van der Waals surface area contributed by atoms with Crippen molar-refractivity contribution >= 4 is 34.5 Å². The third kappa shape index (κ3) is 5.41. The predicted octanol–water partition coefficient (Wildman–Crippen LogP) is 4.66. The van der Waals surface area contributed by atoms with E-state index in [0.29, 0.717) is 5.92 Å². The van der Waals surface area contributed by atoms with Crippen molar-refractivity contribution in [1.29, 1.82) is 0 Å². The molecular formula is C23H26N2O3S. The van der Waals surface area contributed by atoms with Gasteiger partial charge < -0.3 is 4.42 Å². The molecule has 0 fully saturated rings. The summed E-state index contributed by atoms with van der Waals surface area (Å²) in [6.07, 6.45) is 1.75. The van der Waals surface area contributed by atoms with Gasteiger partial charge in [-0.2, -0.15) is 0 Å². The molecule has 0 aliphatic carbocycles. The first-order chi connectivity index (χ1) is 13.8. The molecule has 29 heavy (non-hydrogen) atoms. The van der Waals surface area contributed by atoms with Gasteiger partial charge in [0.25, 0.3) is 0 Å². The van der Waals surface area contributed by atoms with Gasteiger partial charge in [-0.1, -0.05) is 31.5 Å². The first-order valence-electron chi connectivity index (χ1n) is 9.61. The average Bonchev–Trinajstić information content (AvgIpc) is 3.06. The molecule has 2 aromatic carbocycles. The highest BCUT2D eigenvalue weighted by Crippen LogP contribution is 2.29. The van der Waals surface area contributed by atoms with Gasteiger partial charge in [0.1, 0.15) is 5.58 Å². The summed E-state index contributed by atoms with van der Waals surface area (Å²) < 4.78 is 5.62. The van der Waals surface area contributed by atoms with Crippen molar-refractivity contribution in [1.82, 2.24) is 10.9 Å². The number of carbonyl (C=O) groups is 2. The number of rotatable bonds is 6. The molecule has 1 heterocycles. The van der Waals surface area contributed by atoms with Crippen LogP contribution in [0.3, 0.4) is 0 Å². The quantitative estimate of drug-likeness (QED) is 0.458. The van der Waals surface area contributed by atoms with Gasteiger partial charge in [0, 0.05) is 15.8 Å². The van der Waals surface area contributed by atoms with Crippen LogP contribution >= 0.6 is 11.8 Å². The first kappa shape index (κ1) is 21.0. The van der Waals surface area contributed by atoms with Crippen LogP contribution < -0.4 is 10.9 Å². The molecule has 6 heteroatoms. The maximum atomic E-state index is 12.3. The summed E-state index contributed by atoms with van der Waals surface area (Å²) in [5, 5.41) is 0.940. The minimum Gasteiger partial charge on any atom is -0.464 e. The van der Waals surface area contributed by atoms with Crippen molar-refractivity contribution in [3.05, 3.63) is 64.9 Å². The van der Waals surface area contributed by atoms with Gasteiger partial charge in [-0.25, -0.2) is 0 Å². The second-order valence-corrected chi connectivity index (χ2v) is 8.54. The van der Waals surface area contributed by atoms with Crippen molar-refractivity contribution in [3.63, 3.8) is 0 Å². The zero-order chi connectivity index (χ0) is 21.0. The van der Waals surface area contributed by atoms with Crippen LogP contribution in [0.4, 0.5) is 0 Å². The maximum Gasteiger partial charge on any atom is 0.248 e. The molecule has 0 saturated heterocycles. The summed E-state index contributed by atoms with van der Waals surface area (Å²) in [7, 11) is 0. The van der Waals surface area contributed by atoms with E-state index in [1.54, 1.807) is 6.26 Å². The van der Waals surface area contributed by atoms with Crippen LogP contribution in [-0.2, 0) is 16.0 Å². The number of benzene rings is 2. The summed E-state index contributed by atoms with van der Waals surface area (Å²) in [4.78, 5) is 25.3. The summed E-state index contributed by atoms with van der Waals surface area (Å²) >= 11 is 1.42. The lowest BCUT2D eigenvalue weighted by molar-refractivity contribution is -0.127. The Hall–Kier alpha value is -2.73. The van der Waals surface area contributed by atoms with E-state index >= 15 is 0 Å². The molecular weight excluding hydrogens is 384 g/mol. The van der Waals surface area contributed by atoms with Crippen molar-refractivity contribution < 1.29 is 14.0 Å². The Balaban J connectivity index is 1.54. The van der Waals surface area contributed by atoms with Crippen molar-refractivity contribution in [2.45, 2.75) is 44.9 Å². The van der Waals surface area contributed by atoms with E-state index in [2.05, 4.69) is 37.7 Å². The lowest BCUT2D eigenvalue weighted by atomic mass is 9.95. The van der Waals surface area contributed by atoms with Crippen molar-refractivity contribution in [2.75, 3.05) is 5.75 Å². The monoisotopic (exact) mass is 410 g/mol. The number of fused-ring (bicyclic) bond motifs is 1. The van der Waals surface area contributed by atoms with Crippen molar-refractivity contribution in [3.8, 4) is 0 Å². The summed E-state index contributed by atoms with van der Waals surface area (Å²) in [6.45, 7) is 8.37. The molecule has 0 spiro atoms. The number of nitrogens with one attached hydrogen (secondary N) is 2. The van der Waals surface area contributed by atoms with E-state index < -0.39 is 0 Å².